The lowest BCUT2D eigenvalue weighted by atomic mass is 11.0. The molecular formula is C8H22N2Si2. The first-order valence-corrected chi connectivity index (χ1v) is 10.1. The summed E-state index contributed by atoms with van der Waals surface area (Å²) in [5, 5.41) is 0. The molecule has 0 aromatic rings. The molecule has 1 fully saturated rings. The number of hydrogen-bond acceptors (Lipinski definition) is 2. The predicted octanol–water partition coefficient (Wildman–Crippen LogP) is 2.05. The van der Waals surface area contributed by atoms with Crippen LogP contribution in [0, 0.1) is 0 Å². The first-order valence-electron chi connectivity index (χ1n) is 4.91. The summed E-state index contributed by atoms with van der Waals surface area (Å²) in [6, 6.07) is 2.73. The van der Waals surface area contributed by atoms with Crippen molar-refractivity contribution in [1.82, 2.24) is 8.46 Å². The molecule has 2 nitrogen and oxygen atoms in total. The minimum Gasteiger partial charge on any atom is -0.325 e. The highest BCUT2D eigenvalue weighted by Gasteiger charge is 2.60. The van der Waals surface area contributed by atoms with Gasteiger partial charge in [-0.05, 0) is 39.3 Å². The van der Waals surface area contributed by atoms with E-state index in [1.807, 2.05) is 0 Å². The lowest BCUT2D eigenvalue weighted by Crippen LogP contribution is -2.88. The van der Waals surface area contributed by atoms with Crippen molar-refractivity contribution < 1.29 is 0 Å². The molecule has 1 rings (SSSR count). The van der Waals surface area contributed by atoms with Crippen LogP contribution in [0.2, 0.25) is 25.2 Å². The van der Waals surface area contributed by atoms with E-state index in [0.717, 1.165) is 0 Å². The molecule has 0 spiro atoms. The minimum absolute atomic E-state index is 1.11. The molecule has 1 saturated heterocycles. The van der Waals surface area contributed by atoms with E-state index in [1.54, 1.807) is 0 Å². The zero-order chi connectivity index (χ0) is 9.57. The highest BCUT2D eigenvalue weighted by Crippen LogP contribution is 2.39. The van der Waals surface area contributed by atoms with Gasteiger partial charge in [-0.15, -0.1) is 0 Å². The van der Waals surface area contributed by atoms with Crippen molar-refractivity contribution in [3.63, 3.8) is 0 Å². The number of nitrogens with zero attached hydrogens (tertiary/aromatic N) is 2. The lowest BCUT2D eigenvalue weighted by molar-refractivity contribution is 0.466. The molecule has 0 bridgehead atoms. The van der Waals surface area contributed by atoms with Crippen LogP contribution in [0.3, 0.4) is 0 Å². The Labute approximate surface area is 78.9 Å². The van der Waals surface area contributed by atoms with Crippen LogP contribution in [-0.4, -0.2) is 39.4 Å². The number of hydrogen-bond donors (Lipinski definition) is 0. The molecule has 0 aliphatic carbocycles. The summed E-state index contributed by atoms with van der Waals surface area (Å²) in [6.45, 7) is 9.64. The van der Waals surface area contributed by atoms with Crippen molar-refractivity contribution in [2.45, 2.75) is 39.0 Å². The second kappa shape index (κ2) is 2.94. The second-order valence-electron chi connectivity index (χ2n) is 4.26. The fraction of sp³-hybridized carbons (Fsp3) is 1.00. The third-order valence-electron chi connectivity index (χ3n) is 4.23. The van der Waals surface area contributed by atoms with Gasteiger partial charge in [0, 0.05) is 0 Å². The molecule has 0 N–H and O–H groups in total. The highest BCUT2D eigenvalue weighted by atomic mass is 28.5. The standard InChI is InChI=1S/C8H22N2Si2/c1-7-11(5)9(3)12(6,8-2)10(11)4/h7-8H2,1-6H3. The van der Waals surface area contributed by atoms with Gasteiger partial charge in [0.05, 0.1) is 0 Å². The molecule has 0 aromatic carbocycles. The fourth-order valence-electron chi connectivity index (χ4n) is 2.39. The van der Waals surface area contributed by atoms with Crippen LogP contribution in [-0.2, 0) is 0 Å². The molecule has 0 unspecified atom stereocenters. The summed E-state index contributed by atoms with van der Waals surface area (Å²) in [5.41, 5.74) is 0. The van der Waals surface area contributed by atoms with E-state index in [2.05, 4.69) is 49.5 Å². The lowest BCUT2D eigenvalue weighted by Gasteiger charge is -2.67. The van der Waals surface area contributed by atoms with Crippen molar-refractivity contribution in [3.8, 4) is 0 Å². The predicted molar refractivity (Wildman–Crippen MR) is 59.7 cm³/mol. The molecule has 0 aromatic heterocycles. The van der Waals surface area contributed by atoms with Gasteiger partial charge in [0.15, 0.2) is 16.8 Å². The van der Waals surface area contributed by atoms with Crippen LogP contribution in [0.1, 0.15) is 13.8 Å². The Balaban J connectivity index is 2.81. The van der Waals surface area contributed by atoms with Gasteiger partial charge < -0.3 is 8.46 Å². The van der Waals surface area contributed by atoms with Crippen molar-refractivity contribution in [3.05, 3.63) is 0 Å². The first kappa shape index (κ1) is 10.4. The second-order valence-corrected chi connectivity index (χ2v) is 14.1. The van der Waals surface area contributed by atoms with Crippen molar-refractivity contribution in [1.29, 1.82) is 0 Å². The van der Waals surface area contributed by atoms with Crippen LogP contribution < -0.4 is 0 Å². The van der Waals surface area contributed by atoms with Crippen LogP contribution in [0.5, 0.6) is 0 Å². The van der Waals surface area contributed by atoms with E-state index in [-0.39, 0.29) is 0 Å². The van der Waals surface area contributed by atoms with Gasteiger partial charge in [-0.25, -0.2) is 0 Å². The van der Waals surface area contributed by atoms with Crippen molar-refractivity contribution >= 4 is 16.8 Å². The van der Waals surface area contributed by atoms with Crippen LogP contribution in [0.15, 0.2) is 0 Å². The molecule has 0 saturated carbocycles. The van der Waals surface area contributed by atoms with Gasteiger partial charge >= 0.3 is 0 Å². The smallest absolute Gasteiger partial charge is 0.191 e. The quantitative estimate of drug-likeness (QED) is 0.633. The van der Waals surface area contributed by atoms with E-state index >= 15 is 0 Å². The van der Waals surface area contributed by atoms with Gasteiger partial charge in [0.1, 0.15) is 0 Å². The molecule has 72 valence electrons. The average molecular weight is 202 g/mol. The van der Waals surface area contributed by atoms with Crippen LogP contribution in [0.25, 0.3) is 0 Å². The molecular weight excluding hydrogens is 180 g/mol. The maximum absolute atomic E-state index is 2.76. The maximum Gasteiger partial charge on any atom is 0.191 e. The third-order valence-corrected chi connectivity index (χ3v) is 18.5. The zero-order valence-electron chi connectivity index (χ0n) is 9.31. The molecule has 1 heterocycles. The molecule has 4 heteroatoms. The molecule has 0 amide bonds. The summed E-state index contributed by atoms with van der Waals surface area (Å²) in [5.74, 6) is 0. The van der Waals surface area contributed by atoms with Crippen LogP contribution in [0.4, 0.5) is 0 Å². The average Bonchev–Trinajstić information content (AvgIpc) is 2.13. The zero-order valence-corrected chi connectivity index (χ0v) is 11.3. The van der Waals surface area contributed by atoms with Crippen molar-refractivity contribution in [2.75, 3.05) is 14.1 Å². The van der Waals surface area contributed by atoms with Gasteiger partial charge in [0.25, 0.3) is 0 Å². The molecule has 1 aliphatic rings. The SMILES string of the molecule is CC[Si]1(C)N(C)[Si](C)(CC)N1C. The van der Waals surface area contributed by atoms with Crippen LogP contribution >= 0.6 is 0 Å². The Morgan fingerprint density at radius 2 is 1.08 bits per heavy atom. The largest absolute Gasteiger partial charge is 0.325 e. The normalized spacial score (nSPS) is 44.5. The Morgan fingerprint density at radius 1 is 0.833 bits per heavy atom. The minimum atomic E-state index is -1.11. The van der Waals surface area contributed by atoms with E-state index in [0.29, 0.717) is 0 Å². The highest BCUT2D eigenvalue weighted by molar-refractivity contribution is 7.04. The van der Waals surface area contributed by atoms with Gasteiger partial charge in [0.2, 0.25) is 0 Å². The van der Waals surface area contributed by atoms with E-state index in [9.17, 15) is 0 Å². The third kappa shape index (κ3) is 0.983. The summed E-state index contributed by atoms with van der Waals surface area (Å²) in [7, 11) is 2.49. The van der Waals surface area contributed by atoms with E-state index in [1.165, 1.54) is 12.1 Å². The monoisotopic (exact) mass is 202 g/mol. The summed E-state index contributed by atoms with van der Waals surface area (Å²) in [4.78, 5) is 0. The summed E-state index contributed by atoms with van der Waals surface area (Å²) >= 11 is 0. The summed E-state index contributed by atoms with van der Waals surface area (Å²) in [6.07, 6.45) is 0. The van der Waals surface area contributed by atoms with Gasteiger partial charge in [-0.2, -0.15) is 0 Å². The fourth-order valence-corrected chi connectivity index (χ4v) is 16.5. The van der Waals surface area contributed by atoms with E-state index < -0.39 is 16.8 Å². The Bertz CT molecular complexity index is 156. The van der Waals surface area contributed by atoms with E-state index in [4.69, 9.17) is 0 Å². The van der Waals surface area contributed by atoms with Crippen molar-refractivity contribution in [2.24, 2.45) is 0 Å². The summed E-state index contributed by atoms with van der Waals surface area (Å²) < 4.78 is 5.53. The Morgan fingerprint density at radius 3 is 1.25 bits per heavy atom. The Kier molecular flexibility index (Phi) is 2.55. The topological polar surface area (TPSA) is 6.48 Å². The molecule has 12 heavy (non-hydrogen) atoms. The Hall–Kier alpha value is 0.354. The molecule has 1 aliphatic heterocycles. The van der Waals surface area contributed by atoms with Gasteiger partial charge in [-0.3, -0.25) is 0 Å². The number of rotatable bonds is 2. The maximum atomic E-state index is 2.76. The van der Waals surface area contributed by atoms with Gasteiger partial charge in [-0.1, -0.05) is 13.8 Å². The molecule has 0 radical (unpaired) electrons. The first-order chi connectivity index (χ1) is 5.43. The molecule has 0 atom stereocenters.